The molecular weight excluding hydrogens is 412 g/mol. The molecular formula is C27H46N4O2. The van der Waals surface area contributed by atoms with Gasteiger partial charge in [-0.2, -0.15) is 5.10 Å². The van der Waals surface area contributed by atoms with Gasteiger partial charge in [-0.3, -0.25) is 5.10 Å². The lowest BCUT2D eigenvalue weighted by Crippen LogP contribution is -2.35. The first-order valence-corrected chi connectivity index (χ1v) is 12.8. The molecule has 33 heavy (non-hydrogen) atoms. The summed E-state index contributed by atoms with van der Waals surface area (Å²) >= 11 is 0. The van der Waals surface area contributed by atoms with E-state index >= 15 is 0 Å². The second-order valence-corrected chi connectivity index (χ2v) is 10.0. The fraction of sp³-hybridized carbons (Fsp3) is 0.704. The van der Waals surface area contributed by atoms with E-state index in [0.717, 1.165) is 57.1 Å². The zero-order valence-electron chi connectivity index (χ0n) is 21.6. The van der Waals surface area contributed by atoms with Gasteiger partial charge in [0.25, 0.3) is 0 Å². The van der Waals surface area contributed by atoms with Crippen molar-refractivity contribution in [1.29, 1.82) is 0 Å². The number of aromatic nitrogens is 2. The number of fused-ring (bicyclic) bond motifs is 1. The molecule has 1 aliphatic carbocycles. The number of H-pyrrole nitrogens is 1. The van der Waals surface area contributed by atoms with Crippen LogP contribution in [0.5, 0.6) is 0 Å². The van der Waals surface area contributed by atoms with Crippen LogP contribution in [0.2, 0.25) is 0 Å². The van der Waals surface area contributed by atoms with Crippen LogP contribution in [0.3, 0.4) is 0 Å². The minimum Gasteiger partial charge on any atom is -0.397 e. The van der Waals surface area contributed by atoms with E-state index in [9.17, 15) is 4.79 Å². The molecule has 186 valence electrons. The number of ether oxygens (including phenoxy) is 1. The summed E-state index contributed by atoms with van der Waals surface area (Å²) in [4.78, 5) is 12.0. The van der Waals surface area contributed by atoms with E-state index in [1.54, 1.807) is 0 Å². The summed E-state index contributed by atoms with van der Waals surface area (Å²) in [5.74, 6) is 0.335. The summed E-state index contributed by atoms with van der Waals surface area (Å²) in [5, 5.41) is 11.2. The second-order valence-electron chi connectivity index (χ2n) is 10.0. The molecule has 0 spiro atoms. The van der Waals surface area contributed by atoms with Gasteiger partial charge >= 0.3 is 0 Å². The second kappa shape index (κ2) is 13.1. The van der Waals surface area contributed by atoms with Gasteiger partial charge in [0.15, 0.2) is 0 Å². The number of aldehydes is 1. The normalized spacial score (nSPS) is 23.2. The molecule has 0 saturated carbocycles. The average molecular weight is 459 g/mol. The molecule has 3 rings (SSSR count). The van der Waals surface area contributed by atoms with Crippen LogP contribution >= 0.6 is 0 Å². The minimum atomic E-state index is -0.0376. The van der Waals surface area contributed by atoms with Gasteiger partial charge in [0, 0.05) is 29.8 Å². The number of allylic oxidation sites excluding steroid dienone is 1. The monoisotopic (exact) mass is 458 g/mol. The van der Waals surface area contributed by atoms with Gasteiger partial charge in [-0.05, 0) is 69.7 Å². The van der Waals surface area contributed by atoms with Gasteiger partial charge < -0.3 is 20.6 Å². The van der Waals surface area contributed by atoms with Gasteiger partial charge in [-0.1, -0.05) is 45.9 Å². The quantitative estimate of drug-likeness (QED) is 0.370. The fourth-order valence-electron chi connectivity index (χ4n) is 5.15. The van der Waals surface area contributed by atoms with Crippen molar-refractivity contribution >= 4 is 12.0 Å². The molecule has 1 aliphatic heterocycles. The minimum absolute atomic E-state index is 0.0376. The topological polar surface area (TPSA) is 93.0 Å². The third kappa shape index (κ3) is 7.28. The molecule has 4 atom stereocenters. The van der Waals surface area contributed by atoms with Gasteiger partial charge in [0.05, 0.1) is 12.3 Å². The predicted octanol–water partition coefficient (Wildman–Crippen LogP) is 4.66. The zero-order valence-corrected chi connectivity index (χ0v) is 21.6. The summed E-state index contributed by atoms with van der Waals surface area (Å²) in [6, 6.07) is 0.101. The van der Waals surface area contributed by atoms with Crippen LogP contribution < -0.4 is 11.1 Å². The first-order chi connectivity index (χ1) is 15.9. The highest BCUT2D eigenvalue weighted by atomic mass is 16.5. The molecule has 1 aromatic heterocycles. The molecule has 6 heteroatoms. The lowest BCUT2D eigenvalue weighted by molar-refractivity contribution is -0.115. The van der Waals surface area contributed by atoms with Crippen LogP contribution in [0, 0.1) is 23.2 Å². The average Bonchev–Trinajstić information content (AvgIpc) is 3.24. The van der Waals surface area contributed by atoms with Crippen molar-refractivity contribution in [2.45, 2.75) is 79.2 Å². The Hall–Kier alpha value is -1.92. The number of aromatic amines is 1. The maximum Gasteiger partial charge on any atom is 0.123 e. The van der Waals surface area contributed by atoms with Crippen LogP contribution in [0.15, 0.2) is 18.2 Å². The summed E-state index contributed by atoms with van der Waals surface area (Å²) < 4.78 is 5.66. The molecule has 0 aromatic carbocycles. The number of carbonyl (C=O) groups is 1. The van der Waals surface area contributed by atoms with Gasteiger partial charge in [0.2, 0.25) is 0 Å². The Morgan fingerprint density at radius 1 is 1.39 bits per heavy atom. The molecule has 6 nitrogen and oxygen atoms in total. The third-order valence-electron chi connectivity index (χ3n) is 7.04. The summed E-state index contributed by atoms with van der Waals surface area (Å²) in [6.07, 6.45) is 13.4. The number of likely N-dealkylation sites (N-methyl/N-ethyl adjacent to an activating group) is 1. The number of rotatable bonds is 9. The number of carbonyl (C=O) groups excluding carboxylic acids is 1. The number of nitrogens with zero attached hydrogens (tertiary/aromatic N) is 1. The lowest BCUT2D eigenvalue weighted by Gasteiger charge is -2.31. The predicted molar refractivity (Wildman–Crippen MR) is 137 cm³/mol. The van der Waals surface area contributed by atoms with Crippen LogP contribution in [-0.4, -0.2) is 42.8 Å². The van der Waals surface area contributed by atoms with E-state index in [-0.39, 0.29) is 23.8 Å². The Morgan fingerprint density at radius 3 is 2.76 bits per heavy atom. The van der Waals surface area contributed by atoms with Gasteiger partial charge in [-0.25, -0.2) is 0 Å². The molecule has 1 saturated heterocycles. The molecule has 1 fully saturated rings. The largest absolute Gasteiger partial charge is 0.397 e. The molecule has 1 aromatic rings. The molecule has 4 N–H and O–H groups in total. The highest BCUT2D eigenvalue weighted by Gasteiger charge is 2.31. The van der Waals surface area contributed by atoms with Crippen LogP contribution in [-0.2, 0) is 22.4 Å². The van der Waals surface area contributed by atoms with E-state index in [0.29, 0.717) is 17.7 Å². The smallest absolute Gasteiger partial charge is 0.123 e. The van der Waals surface area contributed by atoms with Crippen LogP contribution in [0.25, 0.3) is 5.70 Å². The van der Waals surface area contributed by atoms with Crippen molar-refractivity contribution in [2.75, 3.05) is 20.3 Å². The van der Waals surface area contributed by atoms with Crippen molar-refractivity contribution in [3.8, 4) is 0 Å². The first-order valence-electron chi connectivity index (χ1n) is 12.8. The Labute approximate surface area is 200 Å². The molecule has 0 bridgehead atoms. The maximum atomic E-state index is 12.0. The number of nitrogens with two attached hydrogens (primary N) is 1. The van der Waals surface area contributed by atoms with Gasteiger partial charge in [-0.15, -0.1) is 0 Å². The standard InChI is InChI=1S/C25H40N4O2.C2H6/c1-5-7-22(27-4)18(12-19(15-30)17-8-6-11-31-16-17)13-21(26)24-20-9-10-25(2,3)14-23(20)28-29-24;1-2/h5,7,13,15,17-19,22,27H,6,8-12,14,16,26H2,1-4H3,(H,28,29);1-2H3/b7-5-,21-13-;/t17?,18-,19?,22?;/m1./s1. The number of nitrogens with one attached hydrogen (secondary N) is 2. The summed E-state index contributed by atoms with van der Waals surface area (Å²) in [5.41, 5.74) is 11.0. The fourth-order valence-corrected chi connectivity index (χ4v) is 5.15. The van der Waals surface area contributed by atoms with Crippen molar-refractivity contribution in [3.05, 3.63) is 35.2 Å². The maximum absolute atomic E-state index is 12.0. The van der Waals surface area contributed by atoms with Gasteiger partial charge in [0.1, 0.15) is 12.0 Å². The molecule has 3 unspecified atom stereocenters. The Balaban J connectivity index is 0.00000187. The summed E-state index contributed by atoms with van der Waals surface area (Å²) in [7, 11) is 1.96. The Kier molecular flexibility index (Phi) is 10.8. The lowest BCUT2D eigenvalue weighted by atomic mass is 9.76. The Bertz CT molecular complexity index is 790. The van der Waals surface area contributed by atoms with E-state index < -0.39 is 0 Å². The molecule has 2 aliphatic rings. The number of hydrogen-bond donors (Lipinski definition) is 3. The van der Waals surface area contributed by atoms with Crippen molar-refractivity contribution in [2.24, 2.45) is 28.9 Å². The first kappa shape index (κ1) is 27.3. The van der Waals surface area contributed by atoms with E-state index in [4.69, 9.17) is 10.5 Å². The van der Waals surface area contributed by atoms with Crippen LogP contribution in [0.4, 0.5) is 0 Å². The molecule has 2 heterocycles. The Morgan fingerprint density at radius 2 is 2.15 bits per heavy atom. The highest BCUT2D eigenvalue weighted by Crippen LogP contribution is 2.36. The zero-order chi connectivity index (χ0) is 24.4. The third-order valence-corrected chi connectivity index (χ3v) is 7.04. The van der Waals surface area contributed by atoms with E-state index in [2.05, 4.69) is 47.6 Å². The van der Waals surface area contributed by atoms with Crippen molar-refractivity contribution < 1.29 is 9.53 Å². The number of hydrogen-bond acceptors (Lipinski definition) is 5. The highest BCUT2D eigenvalue weighted by molar-refractivity contribution is 5.64. The van der Waals surface area contributed by atoms with Crippen molar-refractivity contribution in [3.63, 3.8) is 0 Å². The molecule has 0 amide bonds. The molecule has 0 radical (unpaired) electrons. The van der Waals surface area contributed by atoms with Crippen molar-refractivity contribution in [1.82, 2.24) is 15.5 Å². The van der Waals surface area contributed by atoms with Crippen LogP contribution in [0.1, 0.15) is 77.3 Å². The van der Waals surface area contributed by atoms with E-state index in [1.807, 2.05) is 27.8 Å². The summed E-state index contributed by atoms with van der Waals surface area (Å²) in [6.45, 7) is 12.1. The van der Waals surface area contributed by atoms with E-state index in [1.165, 1.54) is 11.3 Å². The SMILES string of the molecule is C/C=C\C(NC)[C@@H](/C=C(\N)c1n[nH]c2c1CCC(C)(C)C2)CC(C=O)C1CCCOC1.CC.